The van der Waals surface area contributed by atoms with Crippen LogP contribution in [0.2, 0.25) is 0 Å². The summed E-state index contributed by atoms with van der Waals surface area (Å²) in [7, 11) is 0. The second-order valence-electron chi connectivity index (χ2n) is 8.77. The lowest BCUT2D eigenvalue weighted by molar-refractivity contribution is -0.314. The Morgan fingerprint density at radius 3 is 2.30 bits per heavy atom. The van der Waals surface area contributed by atoms with Gasteiger partial charge in [0.2, 0.25) is 0 Å². The summed E-state index contributed by atoms with van der Waals surface area (Å²) in [6, 6.07) is 19.9. The maximum Gasteiger partial charge on any atom is 0.307 e. The number of rotatable bonds is 11. The summed E-state index contributed by atoms with van der Waals surface area (Å²) in [5.41, 5.74) is 0.619. The van der Waals surface area contributed by atoms with E-state index >= 15 is 0 Å². The molecule has 6 atom stereocenters. The zero-order chi connectivity index (χ0) is 26.4. The predicted molar refractivity (Wildman–Crippen MR) is 131 cm³/mol. The van der Waals surface area contributed by atoms with Gasteiger partial charge in [0, 0.05) is 5.39 Å². The average molecular weight is 515 g/mol. The molecule has 1 saturated heterocycles. The second kappa shape index (κ2) is 12.3. The molecular weight excluding hydrogens is 484 g/mol. The van der Waals surface area contributed by atoms with Crippen molar-refractivity contribution in [3.63, 3.8) is 0 Å². The lowest BCUT2D eigenvalue weighted by atomic mass is 9.99. The Kier molecular flexibility index (Phi) is 8.93. The molecule has 10 heteroatoms. The van der Waals surface area contributed by atoms with Gasteiger partial charge in [-0.3, -0.25) is 4.79 Å². The third-order valence-electron chi connectivity index (χ3n) is 6.06. The average Bonchev–Trinajstić information content (AvgIpc) is 2.90. The van der Waals surface area contributed by atoms with Crippen molar-refractivity contribution in [2.75, 3.05) is 19.8 Å². The van der Waals surface area contributed by atoms with Crippen LogP contribution < -0.4 is 9.47 Å². The molecule has 198 valence electrons. The minimum Gasteiger partial charge on any atom is -0.491 e. The van der Waals surface area contributed by atoms with E-state index in [1.807, 2.05) is 42.5 Å². The lowest BCUT2D eigenvalue weighted by Gasteiger charge is -2.40. The Hall–Kier alpha value is -3.25. The zero-order valence-electron chi connectivity index (χ0n) is 19.9. The van der Waals surface area contributed by atoms with Crippen LogP contribution >= 0.6 is 0 Å². The van der Waals surface area contributed by atoms with E-state index in [9.17, 15) is 25.2 Å². The van der Waals surface area contributed by atoms with Crippen LogP contribution in [0.3, 0.4) is 0 Å². The van der Waals surface area contributed by atoms with Gasteiger partial charge in [0.15, 0.2) is 6.29 Å². The van der Waals surface area contributed by atoms with Crippen LogP contribution in [0.1, 0.15) is 5.56 Å². The van der Waals surface area contributed by atoms with Gasteiger partial charge in [-0.15, -0.1) is 0 Å². The number of fused-ring (bicyclic) bond motifs is 1. The van der Waals surface area contributed by atoms with Crippen molar-refractivity contribution in [3.8, 4) is 11.5 Å². The number of carbonyl (C=O) groups is 1. The van der Waals surface area contributed by atoms with Crippen molar-refractivity contribution in [1.29, 1.82) is 0 Å². The topological polar surface area (TPSA) is 155 Å². The maximum atomic E-state index is 10.9. The van der Waals surface area contributed by atoms with Gasteiger partial charge in [0.05, 0.1) is 13.0 Å². The molecule has 1 heterocycles. The first-order valence-corrected chi connectivity index (χ1v) is 11.9. The number of aliphatic hydroxyl groups is 4. The van der Waals surface area contributed by atoms with E-state index in [0.717, 1.165) is 10.8 Å². The summed E-state index contributed by atoms with van der Waals surface area (Å²) in [6.07, 6.45) is -8.07. The Labute approximate surface area is 213 Å². The Morgan fingerprint density at radius 1 is 0.865 bits per heavy atom. The smallest absolute Gasteiger partial charge is 0.307 e. The Morgan fingerprint density at radius 2 is 1.57 bits per heavy atom. The van der Waals surface area contributed by atoms with E-state index in [0.29, 0.717) is 17.1 Å². The van der Waals surface area contributed by atoms with Crippen molar-refractivity contribution in [3.05, 3.63) is 72.3 Å². The fraction of sp³-hybridized carbons (Fsp3) is 0.370. The molecule has 1 fully saturated rings. The van der Waals surface area contributed by atoms with Gasteiger partial charge in [0.25, 0.3) is 0 Å². The van der Waals surface area contributed by atoms with Gasteiger partial charge in [-0.2, -0.15) is 0 Å². The number of carboxylic acids is 1. The van der Waals surface area contributed by atoms with Gasteiger partial charge in [-0.05, 0) is 29.1 Å². The number of carboxylic acid groups (broad SMARTS) is 1. The standard InChI is InChI=1S/C27H30O10/c28-13-22-24(31)25(32)26(33)27(37-22)36-19(14-34-18-10-8-16(9-11-18)12-23(29)30)15-35-21-7-3-5-17-4-1-2-6-20(17)21/h1-11,19,22,24-28,31-33H,12-15H2,(H,29,30)/t19?,22-,24-,25+,26+,27+/m1/s1. The van der Waals surface area contributed by atoms with E-state index in [2.05, 4.69) is 0 Å². The monoisotopic (exact) mass is 514 g/mol. The Bertz CT molecular complexity index is 1160. The highest BCUT2D eigenvalue weighted by Crippen LogP contribution is 2.27. The number of hydrogen-bond donors (Lipinski definition) is 5. The largest absolute Gasteiger partial charge is 0.491 e. The molecule has 37 heavy (non-hydrogen) atoms. The molecule has 5 N–H and O–H groups in total. The maximum absolute atomic E-state index is 10.9. The molecule has 0 radical (unpaired) electrons. The van der Waals surface area contributed by atoms with Crippen molar-refractivity contribution >= 4 is 16.7 Å². The van der Waals surface area contributed by atoms with Gasteiger partial charge in [-0.25, -0.2) is 0 Å². The van der Waals surface area contributed by atoms with E-state index in [-0.39, 0.29) is 19.6 Å². The van der Waals surface area contributed by atoms with Crippen molar-refractivity contribution in [2.45, 2.75) is 43.2 Å². The fourth-order valence-electron chi connectivity index (χ4n) is 4.07. The second-order valence-corrected chi connectivity index (χ2v) is 8.77. The molecular formula is C27H30O10. The third kappa shape index (κ3) is 6.75. The van der Waals surface area contributed by atoms with Crippen LogP contribution in [0.25, 0.3) is 10.8 Å². The minimum atomic E-state index is -1.58. The first-order valence-electron chi connectivity index (χ1n) is 11.9. The summed E-state index contributed by atoms with van der Waals surface area (Å²) < 4.78 is 23.3. The molecule has 0 aromatic heterocycles. The highest BCUT2D eigenvalue weighted by Gasteiger charge is 2.45. The summed E-state index contributed by atoms with van der Waals surface area (Å²) >= 11 is 0. The summed E-state index contributed by atoms with van der Waals surface area (Å²) in [5, 5.41) is 50.9. The van der Waals surface area contributed by atoms with E-state index in [1.54, 1.807) is 24.3 Å². The number of aliphatic carboxylic acids is 1. The molecule has 3 aromatic carbocycles. The molecule has 0 amide bonds. The van der Waals surface area contributed by atoms with Crippen LogP contribution in [-0.2, 0) is 20.7 Å². The van der Waals surface area contributed by atoms with Crippen molar-refractivity contribution < 1.29 is 49.3 Å². The van der Waals surface area contributed by atoms with Crippen LogP contribution in [0.15, 0.2) is 66.7 Å². The molecule has 0 bridgehead atoms. The number of hydrogen-bond acceptors (Lipinski definition) is 9. The van der Waals surface area contributed by atoms with Gasteiger partial charge < -0.3 is 44.5 Å². The van der Waals surface area contributed by atoms with E-state index < -0.39 is 49.4 Å². The number of aliphatic hydroxyl groups excluding tert-OH is 4. The van der Waals surface area contributed by atoms with Crippen LogP contribution in [-0.4, -0.2) is 88.1 Å². The first kappa shape index (κ1) is 26.8. The minimum absolute atomic E-state index is 0.0138. The van der Waals surface area contributed by atoms with Crippen molar-refractivity contribution in [2.24, 2.45) is 0 Å². The molecule has 1 unspecified atom stereocenters. The Balaban J connectivity index is 1.48. The number of ether oxygens (including phenoxy) is 4. The van der Waals surface area contributed by atoms with E-state index in [1.165, 1.54) is 0 Å². The van der Waals surface area contributed by atoms with Crippen LogP contribution in [0, 0.1) is 0 Å². The fourth-order valence-corrected chi connectivity index (χ4v) is 4.07. The van der Waals surface area contributed by atoms with Gasteiger partial charge in [-0.1, -0.05) is 48.5 Å². The van der Waals surface area contributed by atoms with Gasteiger partial charge in [0.1, 0.15) is 55.2 Å². The highest BCUT2D eigenvalue weighted by atomic mass is 16.7. The van der Waals surface area contributed by atoms with Crippen LogP contribution in [0.5, 0.6) is 11.5 Å². The highest BCUT2D eigenvalue weighted by molar-refractivity contribution is 5.88. The molecule has 10 nitrogen and oxygen atoms in total. The molecule has 0 aliphatic carbocycles. The SMILES string of the molecule is O=C(O)Cc1ccc(OCC(COc2cccc3ccccc23)O[C@H]2O[C@H](CO)[C@@H](O)[C@H](O)[C@@H]2O)cc1. The quantitative estimate of drug-likeness (QED) is 0.251. The summed E-state index contributed by atoms with van der Waals surface area (Å²) in [5.74, 6) is 0.132. The van der Waals surface area contributed by atoms with E-state index in [4.69, 9.17) is 24.1 Å². The first-order chi connectivity index (χ1) is 17.9. The molecule has 0 saturated carbocycles. The number of benzene rings is 3. The molecule has 3 aromatic rings. The third-order valence-corrected chi connectivity index (χ3v) is 6.06. The normalized spacial score (nSPS) is 24.5. The van der Waals surface area contributed by atoms with Crippen molar-refractivity contribution in [1.82, 2.24) is 0 Å². The molecule has 1 aliphatic heterocycles. The zero-order valence-corrected chi connectivity index (χ0v) is 19.9. The van der Waals surface area contributed by atoms with Gasteiger partial charge >= 0.3 is 5.97 Å². The predicted octanol–water partition coefficient (Wildman–Crippen LogP) is 1.11. The lowest BCUT2D eigenvalue weighted by Crippen LogP contribution is -2.60. The molecule has 1 aliphatic rings. The molecule has 0 spiro atoms. The molecule has 4 rings (SSSR count). The van der Waals surface area contributed by atoms with Crippen LogP contribution in [0.4, 0.5) is 0 Å². The summed E-state index contributed by atoms with van der Waals surface area (Å²) in [6.45, 7) is -0.640. The summed E-state index contributed by atoms with van der Waals surface area (Å²) in [4.78, 5) is 10.9.